The van der Waals surface area contributed by atoms with E-state index in [-0.39, 0.29) is 12.2 Å². The fourth-order valence-corrected chi connectivity index (χ4v) is 3.60. The van der Waals surface area contributed by atoms with Gasteiger partial charge in [-0.05, 0) is 70.4 Å². The van der Waals surface area contributed by atoms with E-state index in [1.807, 2.05) is 6.07 Å². The van der Waals surface area contributed by atoms with Gasteiger partial charge in [0.1, 0.15) is 11.3 Å². The van der Waals surface area contributed by atoms with E-state index in [4.69, 9.17) is 4.74 Å². The monoisotopic (exact) mass is 402 g/mol. The van der Waals surface area contributed by atoms with E-state index in [2.05, 4.69) is 39.8 Å². The number of methoxy groups -OCH3 is 1. The van der Waals surface area contributed by atoms with Crippen molar-refractivity contribution >= 4 is 5.97 Å². The lowest BCUT2D eigenvalue weighted by Crippen LogP contribution is -2.11. The number of aliphatic hydroxyl groups excluding tert-OH is 1. The summed E-state index contributed by atoms with van der Waals surface area (Å²) in [5, 5.41) is 19.7. The van der Waals surface area contributed by atoms with E-state index < -0.39 is 5.97 Å². The zero-order chi connectivity index (χ0) is 21.8. The third-order valence-electron chi connectivity index (χ3n) is 5.17. The summed E-state index contributed by atoms with van der Waals surface area (Å²) >= 11 is 0. The molecule has 162 valence electrons. The Morgan fingerprint density at radius 3 is 2.34 bits per heavy atom. The second kappa shape index (κ2) is 13.2. The van der Waals surface area contributed by atoms with Gasteiger partial charge in [0.05, 0.1) is 13.7 Å². The van der Waals surface area contributed by atoms with E-state index >= 15 is 0 Å². The molecule has 1 rings (SSSR count). The first-order valence-corrected chi connectivity index (χ1v) is 10.7. The van der Waals surface area contributed by atoms with E-state index in [0.29, 0.717) is 18.6 Å². The van der Waals surface area contributed by atoms with Crippen molar-refractivity contribution in [3.63, 3.8) is 0 Å². The molecule has 0 amide bonds. The summed E-state index contributed by atoms with van der Waals surface area (Å²) in [5.74, 6) is -0.557. The minimum Gasteiger partial charge on any atom is -0.496 e. The number of carboxylic acid groups (broad SMARTS) is 1. The van der Waals surface area contributed by atoms with Gasteiger partial charge in [-0.15, -0.1) is 0 Å². The van der Waals surface area contributed by atoms with Crippen molar-refractivity contribution in [1.29, 1.82) is 0 Å². The average molecular weight is 403 g/mol. The highest BCUT2D eigenvalue weighted by molar-refractivity contribution is 5.93. The molecule has 29 heavy (non-hydrogen) atoms. The van der Waals surface area contributed by atoms with Crippen molar-refractivity contribution in [1.82, 2.24) is 0 Å². The van der Waals surface area contributed by atoms with Crippen LogP contribution in [0.2, 0.25) is 0 Å². The van der Waals surface area contributed by atoms with Gasteiger partial charge in [0, 0.05) is 5.56 Å². The molecule has 0 radical (unpaired) electrons. The molecular weight excluding hydrogens is 364 g/mol. The van der Waals surface area contributed by atoms with Gasteiger partial charge < -0.3 is 14.9 Å². The predicted molar refractivity (Wildman–Crippen MR) is 120 cm³/mol. The van der Waals surface area contributed by atoms with E-state index in [9.17, 15) is 15.0 Å². The molecule has 1 aromatic carbocycles. The number of carboxylic acids is 1. The number of unbranched alkanes of at least 4 members (excludes halogenated alkanes) is 2. The molecule has 0 spiro atoms. The molecule has 0 heterocycles. The normalized spacial score (nSPS) is 11.4. The van der Waals surface area contributed by atoms with Crippen LogP contribution in [0.4, 0.5) is 0 Å². The molecule has 0 aliphatic carbocycles. The first-order valence-electron chi connectivity index (χ1n) is 10.7. The largest absolute Gasteiger partial charge is 0.496 e. The zero-order valence-corrected chi connectivity index (χ0v) is 18.8. The van der Waals surface area contributed by atoms with Crippen LogP contribution in [0, 0.1) is 0 Å². The summed E-state index contributed by atoms with van der Waals surface area (Å²) in [4.78, 5) is 12.0. The average Bonchev–Trinajstić information content (AvgIpc) is 2.67. The van der Waals surface area contributed by atoms with Gasteiger partial charge in [0.15, 0.2) is 0 Å². The maximum absolute atomic E-state index is 12.0. The molecule has 0 unspecified atom stereocenters. The lowest BCUT2D eigenvalue weighted by atomic mass is 9.91. The minimum absolute atomic E-state index is 0.115. The van der Waals surface area contributed by atoms with Gasteiger partial charge in [-0.2, -0.15) is 0 Å². The van der Waals surface area contributed by atoms with Crippen LogP contribution in [0.3, 0.4) is 0 Å². The molecule has 1 aromatic rings. The minimum atomic E-state index is -0.965. The second-order valence-corrected chi connectivity index (χ2v) is 7.91. The van der Waals surface area contributed by atoms with Crippen LogP contribution in [-0.4, -0.2) is 23.3 Å². The van der Waals surface area contributed by atoms with Crippen LogP contribution in [0.15, 0.2) is 29.4 Å². The van der Waals surface area contributed by atoms with Gasteiger partial charge in [0.25, 0.3) is 0 Å². The molecule has 0 fully saturated rings. The number of benzene rings is 1. The molecule has 4 nitrogen and oxygen atoms in total. The van der Waals surface area contributed by atoms with Crippen molar-refractivity contribution in [3.05, 3.63) is 51.6 Å². The molecule has 2 N–H and O–H groups in total. The summed E-state index contributed by atoms with van der Waals surface area (Å²) in [7, 11) is 1.52. The number of rotatable bonds is 13. The van der Waals surface area contributed by atoms with Gasteiger partial charge in [-0.3, -0.25) is 0 Å². The van der Waals surface area contributed by atoms with Crippen molar-refractivity contribution in [2.45, 2.75) is 85.7 Å². The first-order chi connectivity index (χ1) is 13.8. The smallest absolute Gasteiger partial charge is 0.339 e. The summed E-state index contributed by atoms with van der Waals surface area (Å²) in [6.45, 7) is 8.34. The van der Waals surface area contributed by atoms with E-state index in [0.717, 1.165) is 55.2 Å². The summed E-state index contributed by atoms with van der Waals surface area (Å²) in [6, 6.07) is 1.86. The van der Waals surface area contributed by atoms with Gasteiger partial charge >= 0.3 is 5.97 Å². The van der Waals surface area contributed by atoms with Crippen LogP contribution < -0.4 is 4.74 Å². The quantitative estimate of drug-likeness (QED) is 0.302. The third kappa shape index (κ3) is 8.06. The first kappa shape index (κ1) is 25.0. The fraction of sp³-hybridized carbons (Fsp3) is 0.560. The lowest BCUT2D eigenvalue weighted by Gasteiger charge is -2.19. The van der Waals surface area contributed by atoms with Crippen LogP contribution in [-0.2, 0) is 19.4 Å². The van der Waals surface area contributed by atoms with Crippen molar-refractivity contribution < 1.29 is 19.7 Å². The van der Waals surface area contributed by atoms with Crippen molar-refractivity contribution in [3.8, 4) is 5.75 Å². The Morgan fingerprint density at radius 1 is 1.07 bits per heavy atom. The summed E-state index contributed by atoms with van der Waals surface area (Å²) in [5.41, 5.74) is 5.23. The second-order valence-electron chi connectivity index (χ2n) is 7.91. The highest BCUT2D eigenvalue weighted by atomic mass is 16.5. The number of allylic oxidation sites excluding steroid dienone is 4. The molecule has 0 aliphatic rings. The van der Waals surface area contributed by atoms with Crippen molar-refractivity contribution in [2.24, 2.45) is 0 Å². The number of carbonyl (C=O) groups is 1. The van der Waals surface area contributed by atoms with Crippen molar-refractivity contribution in [2.75, 3.05) is 7.11 Å². The molecular formula is C25H38O4. The fourth-order valence-electron chi connectivity index (χ4n) is 3.60. The Labute approximate surface area is 176 Å². The molecule has 4 heteroatoms. The highest BCUT2D eigenvalue weighted by Crippen LogP contribution is 2.33. The predicted octanol–water partition coefficient (Wildman–Crippen LogP) is 6.24. The number of ether oxygens (including phenoxy) is 1. The molecule has 0 aromatic heterocycles. The van der Waals surface area contributed by atoms with Crippen LogP contribution >= 0.6 is 0 Å². The van der Waals surface area contributed by atoms with Gasteiger partial charge in [0.2, 0.25) is 0 Å². The van der Waals surface area contributed by atoms with E-state index in [1.54, 1.807) is 0 Å². The number of hydrogen-bond acceptors (Lipinski definition) is 3. The van der Waals surface area contributed by atoms with Crippen LogP contribution in [0.5, 0.6) is 5.75 Å². The Balaban J connectivity index is 3.10. The number of aliphatic hydroxyl groups is 1. The van der Waals surface area contributed by atoms with E-state index in [1.165, 1.54) is 18.3 Å². The summed E-state index contributed by atoms with van der Waals surface area (Å²) in [6.07, 6.45) is 11.7. The maximum Gasteiger partial charge on any atom is 0.339 e. The number of aryl methyl sites for hydroxylation is 1. The Bertz CT molecular complexity index is 725. The molecule has 0 saturated carbocycles. The number of aromatic carboxylic acids is 1. The maximum atomic E-state index is 12.0. The van der Waals surface area contributed by atoms with Gasteiger partial charge in [-0.25, -0.2) is 4.79 Å². The standard InChI is InChI=1S/C25H38O4/c1-6-7-8-14-20-16-21(17-26)22(24(29-5)23(20)25(27)28)15-10-13-19(4)12-9-11-18(2)3/h11,13,16,26H,6-10,12,14-15,17H2,1-5H3,(H,27,28)/b19-13-. The Kier molecular flexibility index (Phi) is 11.4. The summed E-state index contributed by atoms with van der Waals surface area (Å²) < 4.78 is 5.56. The zero-order valence-electron chi connectivity index (χ0n) is 18.8. The molecule has 0 bridgehead atoms. The van der Waals surface area contributed by atoms with Gasteiger partial charge in [-0.1, -0.05) is 49.1 Å². The highest BCUT2D eigenvalue weighted by Gasteiger charge is 2.22. The number of hydrogen-bond donors (Lipinski definition) is 2. The Morgan fingerprint density at radius 2 is 1.79 bits per heavy atom. The topological polar surface area (TPSA) is 66.8 Å². The molecule has 0 saturated heterocycles. The molecule has 0 atom stereocenters. The third-order valence-corrected chi connectivity index (χ3v) is 5.17. The van der Waals surface area contributed by atoms with Crippen LogP contribution in [0.25, 0.3) is 0 Å². The Hall–Kier alpha value is -2.07. The molecule has 0 aliphatic heterocycles. The lowest BCUT2D eigenvalue weighted by molar-refractivity contribution is 0.0691. The van der Waals surface area contributed by atoms with Crippen LogP contribution in [0.1, 0.15) is 93.3 Å². The SMILES string of the molecule is CCCCCc1cc(CO)c(CC/C=C(/C)CCC=C(C)C)c(OC)c1C(=O)O.